The number of hydrogen-bond donors (Lipinski definition) is 2. The van der Waals surface area contributed by atoms with Crippen LogP contribution in [0.5, 0.6) is 5.75 Å². The third-order valence-corrected chi connectivity index (χ3v) is 6.26. The number of H-pyrrole nitrogens is 1. The molecule has 3 N–H and O–H groups in total. The molecule has 0 bridgehead atoms. The molecular weight excluding hydrogens is 394 g/mol. The highest BCUT2D eigenvalue weighted by atomic mass is 16.5. The molecule has 1 aliphatic rings. The molecule has 2 aromatic heterocycles. The first-order valence-corrected chi connectivity index (χ1v) is 10.9. The third-order valence-electron chi connectivity index (χ3n) is 6.26. The Morgan fingerprint density at radius 1 is 1.26 bits per heavy atom. The molecule has 0 spiro atoms. The van der Waals surface area contributed by atoms with Crippen molar-refractivity contribution in [2.45, 2.75) is 51.9 Å². The number of benzene rings is 1. The summed E-state index contributed by atoms with van der Waals surface area (Å²) < 4.78 is 7.44. The summed E-state index contributed by atoms with van der Waals surface area (Å²) in [6, 6.07) is 6.08. The first-order chi connectivity index (χ1) is 14.9. The van der Waals surface area contributed by atoms with Gasteiger partial charge in [0.1, 0.15) is 17.1 Å². The van der Waals surface area contributed by atoms with Crippen molar-refractivity contribution in [3.8, 4) is 17.1 Å². The summed E-state index contributed by atoms with van der Waals surface area (Å²) in [5.41, 5.74) is 9.08. The van der Waals surface area contributed by atoms with Gasteiger partial charge in [0.05, 0.1) is 17.9 Å². The first kappa shape index (κ1) is 21.1. The predicted molar refractivity (Wildman–Crippen MR) is 119 cm³/mol. The van der Waals surface area contributed by atoms with Gasteiger partial charge >= 0.3 is 0 Å². The number of aromatic nitrogens is 4. The lowest BCUT2D eigenvalue weighted by atomic mass is 9.78. The van der Waals surface area contributed by atoms with Crippen LogP contribution in [0.1, 0.15) is 56.7 Å². The van der Waals surface area contributed by atoms with Gasteiger partial charge in [0, 0.05) is 13.0 Å². The van der Waals surface area contributed by atoms with E-state index >= 15 is 0 Å². The Morgan fingerprint density at radius 3 is 2.65 bits per heavy atom. The number of nitrogens with zero attached hydrogens (tertiary/aromatic N) is 3. The molecule has 0 unspecified atom stereocenters. The fourth-order valence-corrected chi connectivity index (χ4v) is 4.59. The number of fused-ring (bicyclic) bond motifs is 1. The van der Waals surface area contributed by atoms with E-state index in [2.05, 4.69) is 22.2 Å². The van der Waals surface area contributed by atoms with Crippen LogP contribution in [0.4, 0.5) is 0 Å². The van der Waals surface area contributed by atoms with Gasteiger partial charge in [-0.25, -0.2) is 4.98 Å². The van der Waals surface area contributed by atoms with Crippen molar-refractivity contribution in [3.63, 3.8) is 0 Å². The topological polar surface area (TPSA) is 116 Å². The Kier molecular flexibility index (Phi) is 5.80. The fourth-order valence-electron chi connectivity index (χ4n) is 4.59. The molecule has 4 rings (SSSR count). The highest BCUT2D eigenvalue weighted by Gasteiger charge is 2.26. The molecular formula is C23H29N5O3. The van der Waals surface area contributed by atoms with Crippen LogP contribution in [0.2, 0.25) is 0 Å². The van der Waals surface area contributed by atoms with Gasteiger partial charge < -0.3 is 15.5 Å². The molecule has 1 aliphatic carbocycles. The number of ether oxygens (including phenoxy) is 1. The van der Waals surface area contributed by atoms with E-state index in [0.717, 1.165) is 42.5 Å². The molecule has 8 heteroatoms. The van der Waals surface area contributed by atoms with E-state index in [1.165, 1.54) is 0 Å². The molecule has 0 atom stereocenters. The van der Waals surface area contributed by atoms with Crippen molar-refractivity contribution in [1.29, 1.82) is 0 Å². The summed E-state index contributed by atoms with van der Waals surface area (Å²) in [6.45, 7) is 4.44. The minimum absolute atomic E-state index is 0.0307. The number of aromatic amines is 1. The number of nitrogens with one attached hydrogen (secondary N) is 1. The molecule has 1 aromatic carbocycles. The Balaban J connectivity index is 1.77. The second-order valence-electron chi connectivity index (χ2n) is 8.18. The van der Waals surface area contributed by atoms with Crippen LogP contribution >= 0.6 is 0 Å². The number of aryl methyl sites for hydroxylation is 2. The van der Waals surface area contributed by atoms with Crippen molar-refractivity contribution in [2.24, 2.45) is 18.7 Å². The quantitative estimate of drug-likeness (QED) is 0.632. The average molecular weight is 424 g/mol. The number of hydrogen-bond acceptors (Lipinski definition) is 5. The maximum Gasteiger partial charge on any atom is 0.277 e. The zero-order valence-corrected chi connectivity index (χ0v) is 18.3. The standard InChI is InChI=1S/C23H29N5O3/c1-4-17-19-20(28(3)27-17)23(30)26-22(25-19)16-12-15(10-11-18(16)31-5-2)13-6-8-14(9-7-13)21(24)29/h10-14H,4-9H2,1-3H3,(H2,24,29)(H,25,26,30). The van der Waals surface area contributed by atoms with Crippen molar-refractivity contribution in [3.05, 3.63) is 39.8 Å². The van der Waals surface area contributed by atoms with E-state index < -0.39 is 0 Å². The van der Waals surface area contributed by atoms with E-state index in [-0.39, 0.29) is 17.4 Å². The Labute approximate surface area is 180 Å². The van der Waals surface area contributed by atoms with Gasteiger partial charge in [0.15, 0.2) is 5.52 Å². The molecule has 3 aromatic rings. The van der Waals surface area contributed by atoms with Gasteiger partial charge in [-0.3, -0.25) is 14.3 Å². The average Bonchev–Trinajstić information content (AvgIpc) is 3.10. The molecule has 0 aliphatic heterocycles. The minimum atomic E-state index is -0.218. The molecule has 31 heavy (non-hydrogen) atoms. The molecule has 1 saturated carbocycles. The Morgan fingerprint density at radius 2 is 2.00 bits per heavy atom. The van der Waals surface area contributed by atoms with Gasteiger partial charge in [-0.15, -0.1) is 0 Å². The van der Waals surface area contributed by atoms with Crippen LogP contribution in [-0.4, -0.2) is 32.3 Å². The van der Waals surface area contributed by atoms with Crippen LogP contribution in [0, 0.1) is 5.92 Å². The van der Waals surface area contributed by atoms with Gasteiger partial charge in [-0.2, -0.15) is 5.10 Å². The summed E-state index contributed by atoms with van der Waals surface area (Å²) in [4.78, 5) is 32.1. The van der Waals surface area contributed by atoms with E-state index in [4.69, 9.17) is 15.5 Å². The van der Waals surface area contributed by atoms with E-state index in [1.54, 1.807) is 11.7 Å². The maximum atomic E-state index is 12.8. The van der Waals surface area contributed by atoms with Gasteiger partial charge in [-0.1, -0.05) is 13.0 Å². The summed E-state index contributed by atoms with van der Waals surface area (Å²) in [6.07, 6.45) is 4.12. The molecule has 8 nitrogen and oxygen atoms in total. The van der Waals surface area contributed by atoms with Crippen molar-refractivity contribution < 1.29 is 9.53 Å². The summed E-state index contributed by atoms with van der Waals surface area (Å²) >= 11 is 0. The van der Waals surface area contributed by atoms with E-state index in [9.17, 15) is 9.59 Å². The number of amides is 1. The lowest BCUT2D eigenvalue weighted by Gasteiger charge is -2.27. The summed E-state index contributed by atoms with van der Waals surface area (Å²) in [7, 11) is 1.76. The Hall–Kier alpha value is -3.16. The summed E-state index contributed by atoms with van der Waals surface area (Å²) in [5.74, 6) is 1.27. The normalized spacial score (nSPS) is 18.9. The van der Waals surface area contributed by atoms with Crippen LogP contribution < -0.4 is 16.0 Å². The lowest BCUT2D eigenvalue weighted by Crippen LogP contribution is -2.27. The number of carbonyl (C=O) groups is 1. The van der Waals surface area contributed by atoms with Crippen LogP contribution in [0.25, 0.3) is 22.4 Å². The number of rotatable bonds is 6. The zero-order valence-electron chi connectivity index (χ0n) is 18.3. The van der Waals surface area contributed by atoms with Crippen molar-refractivity contribution in [1.82, 2.24) is 19.7 Å². The van der Waals surface area contributed by atoms with Gasteiger partial charge in [-0.05, 0) is 62.6 Å². The number of nitrogens with two attached hydrogens (primary N) is 1. The Bertz CT molecular complexity index is 1170. The second-order valence-corrected chi connectivity index (χ2v) is 8.18. The van der Waals surface area contributed by atoms with E-state index in [1.807, 2.05) is 19.9 Å². The van der Waals surface area contributed by atoms with Crippen molar-refractivity contribution >= 4 is 16.9 Å². The number of primary amides is 1. The van der Waals surface area contributed by atoms with Gasteiger partial charge in [0.25, 0.3) is 5.56 Å². The lowest BCUT2D eigenvalue weighted by molar-refractivity contribution is -0.122. The van der Waals surface area contributed by atoms with Crippen molar-refractivity contribution in [2.75, 3.05) is 6.61 Å². The second kappa shape index (κ2) is 8.53. The monoisotopic (exact) mass is 423 g/mol. The minimum Gasteiger partial charge on any atom is -0.493 e. The predicted octanol–water partition coefficient (Wildman–Crippen LogP) is 3.04. The maximum absolute atomic E-state index is 12.8. The van der Waals surface area contributed by atoms with Crippen LogP contribution in [0.3, 0.4) is 0 Å². The van der Waals surface area contributed by atoms with Gasteiger partial charge in [0.2, 0.25) is 5.91 Å². The van der Waals surface area contributed by atoms with Crippen LogP contribution in [0.15, 0.2) is 23.0 Å². The summed E-state index contributed by atoms with van der Waals surface area (Å²) in [5, 5.41) is 4.44. The molecule has 0 saturated heterocycles. The highest BCUT2D eigenvalue weighted by Crippen LogP contribution is 2.39. The molecule has 0 radical (unpaired) electrons. The molecule has 2 heterocycles. The fraction of sp³-hybridized carbons (Fsp3) is 0.478. The zero-order chi connectivity index (χ0) is 22.1. The third kappa shape index (κ3) is 3.94. The SMILES string of the molecule is CCOc1ccc(C2CCC(C(N)=O)CC2)cc1-c1nc2c(CC)nn(C)c2c(=O)[nH]1. The number of carbonyl (C=O) groups excluding carboxylic acids is 1. The smallest absolute Gasteiger partial charge is 0.277 e. The molecule has 1 fully saturated rings. The van der Waals surface area contributed by atoms with E-state index in [0.29, 0.717) is 41.6 Å². The largest absolute Gasteiger partial charge is 0.493 e. The molecule has 1 amide bonds. The first-order valence-electron chi connectivity index (χ1n) is 10.9. The highest BCUT2D eigenvalue weighted by molar-refractivity contribution is 5.80. The van der Waals surface area contributed by atoms with Crippen LogP contribution in [-0.2, 0) is 18.3 Å². The molecule has 164 valence electrons.